The van der Waals surface area contributed by atoms with Crippen molar-refractivity contribution < 1.29 is 20.1 Å². The van der Waals surface area contributed by atoms with Gasteiger partial charge in [0.05, 0.1) is 31.5 Å². The fourth-order valence-electron chi connectivity index (χ4n) is 1.87. The molecule has 4 N–H and O–H groups in total. The Morgan fingerprint density at radius 3 is 2.84 bits per heavy atom. The highest BCUT2D eigenvalue weighted by molar-refractivity contribution is 5.65. The highest BCUT2D eigenvalue weighted by Gasteiger charge is 2.22. The van der Waals surface area contributed by atoms with Crippen LogP contribution in [0.3, 0.4) is 0 Å². The molecule has 1 aromatic heterocycles. The fraction of sp³-hybridized carbons (Fsp3) is 0.545. The van der Waals surface area contributed by atoms with Gasteiger partial charge in [-0.25, -0.2) is 14.8 Å². The van der Waals surface area contributed by atoms with Crippen LogP contribution in [0.2, 0.25) is 0 Å². The average Bonchev–Trinajstić information content (AvgIpc) is 2.43. The number of fused-ring (bicyclic) bond motifs is 1. The lowest BCUT2D eigenvalue weighted by Crippen LogP contribution is -2.36. The van der Waals surface area contributed by atoms with Gasteiger partial charge in [0.1, 0.15) is 0 Å². The van der Waals surface area contributed by atoms with E-state index in [2.05, 4.69) is 15.3 Å². The van der Waals surface area contributed by atoms with Crippen molar-refractivity contribution in [2.45, 2.75) is 19.0 Å². The minimum atomic E-state index is -0.970. The molecule has 0 aromatic carbocycles. The van der Waals surface area contributed by atoms with Crippen LogP contribution in [-0.4, -0.2) is 62.1 Å². The van der Waals surface area contributed by atoms with E-state index in [4.69, 9.17) is 15.3 Å². The molecule has 1 aromatic rings. The number of hydrogen-bond acceptors (Lipinski definition) is 6. The molecular formula is C11H16N4O4. The van der Waals surface area contributed by atoms with Crippen molar-refractivity contribution in [1.82, 2.24) is 14.9 Å². The highest BCUT2D eigenvalue weighted by atomic mass is 16.4. The summed E-state index contributed by atoms with van der Waals surface area (Å²) >= 11 is 0. The SMILES string of the molecule is O=C(O)N1CCc2cnc(NC(CO)CO)nc2C1. The van der Waals surface area contributed by atoms with Gasteiger partial charge in [0, 0.05) is 12.7 Å². The third kappa shape index (κ3) is 3.09. The summed E-state index contributed by atoms with van der Waals surface area (Å²) in [6, 6.07) is -0.530. The largest absolute Gasteiger partial charge is 0.465 e. The maximum absolute atomic E-state index is 10.9. The van der Waals surface area contributed by atoms with E-state index in [1.807, 2.05) is 0 Å². The summed E-state index contributed by atoms with van der Waals surface area (Å²) in [5.74, 6) is 0.277. The molecule has 2 rings (SSSR count). The molecule has 19 heavy (non-hydrogen) atoms. The van der Waals surface area contributed by atoms with E-state index >= 15 is 0 Å². The molecule has 8 nitrogen and oxygen atoms in total. The number of carboxylic acid groups (broad SMARTS) is 1. The molecule has 104 valence electrons. The average molecular weight is 268 g/mol. The standard InChI is InChI=1S/C11H16N4O4/c16-5-8(6-17)13-10-12-3-7-1-2-15(11(18)19)4-9(7)14-10/h3,8,16-17H,1-2,4-6H2,(H,18,19)(H,12,13,14). The molecule has 0 saturated carbocycles. The van der Waals surface area contributed by atoms with Gasteiger partial charge in [0.15, 0.2) is 0 Å². The van der Waals surface area contributed by atoms with Gasteiger partial charge < -0.3 is 25.5 Å². The second-order valence-electron chi connectivity index (χ2n) is 4.33. The first-order chi connectivity index (χ1) is 9.13. The first-order valence-electron chi connectivity index (χ1n) is 5.95. The number of amides is 1. The number of rotatable bonds is 4. The zero-order chi connectivity index (χ0) is 13.8. The molecule has 0 radical (unpaired) electrons. The van der Waals surface area contributed by atoms with Crippen molar-refractivity contribution >= 4 is 12.0 Å². The molecule has 1 aliphatic rings. The topological polar surface area (TPSA) is 119 Å². The maximum Gasteiger partial charge on any atom is 0.407 e. The van der Waals surface area contributed by atoms with Gasteiger partial charge in [-0.1, -0.05) is 0 Å². The summed E-state index contributed by atoms with van der Waals surface area (Å²) < 4.78 is 0. The first-order valence-corrected chi connectivity index (χ1v) is 5.95. The van der Waals surface area contributed by atoms with Crippen molar-refractivity contribution in [3.05, 3.63) is 17.5 Å². The summed E-state index contributed by atoms with van der Waals surface area (Å²) in [5.41, 5.74) is 1.58. The van der Waals surface area contributed by atoms with Crippen LogP contribution in [0.15, 0.2) is 6.20 Å². The Bertz CT molecular complexity index is 464. The Balaban J connectivity index is 2.14. The molecule has 1 amide bonds. The van der Waals surface area contributed by atoms with Gasteiger partial charge >= 0.3 is 6.09 Å². The van der Waals surface area contributed by atoms with E-state index in [-0.39, 0.29) is 25.7 Å². The van der Waals surface area contributed by atoms with Gasteiger partial charge in [-0.2, -0.15) is 0 Å². The van der Waals surface area contributed by atoms with Gasteiger partial charge in [-0.05, 0) is 12.0 Å². The van der Waals surface area contributed by atoms with Crippen LogP contribution in [0.5, 0.6) is 0 Å². The minimum Gasteiger partial charge on any atom is -0.465 e. The number of nitrogens with zero attached hydrogens (tertiary/aromatic N) is 3. The number of aliphatic hydroxyl groups is 2. The number of hydrogen-bond donors (Lipinski definition) is 4. The van der Waals surface area contributed by atoms with Gasteiger partial charge in [-0.3, -0.25) is 0 Å². The van der Waals surface area contributed by atoms with Crippen LogP contribution in [0.25, 0.3) is 0 Å². The quantitative estimate of drug-likeness (QED) is 0.569. The van der Waals surface area contributed by atoms with E-state index in [9.17, 15) is 4.79 Å². The Morgan fingerprint density at radius 1 is 1.47 bits per heavy atom. The van der Waals surface area contributed by atoms with Crippen molar-refractivity contribution in [3.8, 4) is 0 Å². The Hall–Kier alpha value is -1.93. The van der Waals surface area contributed by atoms with Crippen molar-refractivity contribution in [1.29, 1.82) is 0 Å². The summed E-state index contributed by atoms with van der Waals surface area (Å²) in [7, 11) is 0. The zero-order valence-corrected chi connectivity index (χ0v) is 10.3. The van der Waals surface area contributed by atoms with E-state index in [1.54, 1.807) is 6.20 Å². The fourth-order valence-corrected chi connectivity index (χ4v) is 1.87. The summed E-state index contributed by atoms with van der Waals surface area (Å²) in [4.78, 5) is 20.5. The lowest BCUT2D eigenvalue weighted by Gasteiger charge is -2.25. The van der Waals surface area contributed by atoms with Crippen LogP contribution in [0.4, 0.5) is 10.7 Å². The molecule has 0 atom stereocenters. The normalized spacial score (nSPS) is 14.4. The second-order valence-corrected chi connectivity index (χ2v) is 4.33. The van der Waals surface area contributed by atoms with Crippen molar-refractivity contribution in [2.75, 3.05) is 25.1 Å². The van der Waals surface area contributed by atoms with Crippen LogP contribution in [0.1, 0.15) is 11.3 Å². The van der Waals surface area contributed by atoms with Gasteiger partial charge in [-0.15, -0.1) is 0 Å². The number of anilines is 1. The lowest BCUT2D eigenvalue weighted by atomic mass is 10.1. The van der Waals surface area contributed by atoms with Crippen LogP contribution < -0.4 is 5.32 Å². The van der Waals surface area contributed by atoms with Crippen LogP contribution >= 0.6 is 0 Å². The van der Waals surface area contributed by atoms with E-state index < -0.39 is 12.1 Å². The molecule has 0 saturated heterocycles. The summed E-state index contributed by atoms with van der Waals surface area (Å²) in [6.07, 6.45) is 1.27. The van der Waals surface area contributed by atoms with E-state index in [0.717, 1.165) is 5.56 Å². The zero-order valence-electron chi connectivity index (χ0n) is 10.3. The molecule has 0 fully saturated rings. The van der Waals surface area contributed by atoms with Crippen LogP contribution in [0, 0.1) is 0 Å². The Labute approximate surface area is 109 Å². The van der Waals surface area contributed by atoms with E-state index in [1.165, 1.54) is 4.90 Å². The monoisotopic (exact) mass is 268 g/mol. The van der Waals surface area contributed by atoms with E-state index in [0.29, 0.717) is 18.7 Å². The third-order valence-corrected chi connectivity index (χ3v) is 2.99. The van der Waals surface area contributed by atoms with Crippen molar-refractivity contribution in [2.24, 2.45) is 0 Å². The second kappa shape index (κ2) is 5.81. The highest BCUT2D eigenvalue weighted by Crippen LogP contribution is 2.17. The molecule has 0 unspecified atom stereocenters. The molecule has 8 heteroatoms. The molecular weight excluding hydrogens is 252 g/mol. The van der Waals surface area contributed by atoms with Gasteiger partial charge in [0.2, 0.25) is 5.95 Å². The smallest absolute Gasteiger partial charge is 0.407 e. The number of carbonyl (C=O) groups is 1. The molecule has 1 aliphatic heterocycles. The Morgan fingerprint density at radius 2 is 2.21 bits per heavy atom. The molecule has 0 spiro atoms. The van der Waals surface area contributed by atoms with Crippen LogP contribution in [-0.2, 0) is 13.0 Å². The minimum absolute atomic E-state index is 0.227. The third-order valence-electron chi connectivity index (χ3n) is 2.99. The first kappa shape index (κ1) is 13.5. The lowest BCUT2D eigenvalue weighted by molar-refractivity contribution is 0.139. The predicted octanol–water partition coefficient (Wildman–Crippen LogP) is -0.722. The number of nitrogens with one attached hydrogen (secondary N) is 1. The number of aliphatic hydroxyl groups excluding tert-OH is 2. The maximum atomic E-state index is 10.9. The molecule has 2 heterocycles. The predicted molar refractivity (Wildman–Crippen MR) is 65.8 cm³/mol. The summed E-state index contributed by atoms with van der Waals surface area (Å²) in [5, 5.41) is 29.7. The molecule has 0 bridgehead atoms. The summed E-state index contributed by atoms with van der Waals surface area (Å²) in [6.45, 7) is 0.190. The molecule has 0 aliphatic carbocycles. The van der Waals surface area contributed by atoms with Gasteiger partial charge in [0.25, 0.3) is 0 Å². The number of aromatic nitrogens is 2. The van der Waals surface area contributed by atoms with Crippen molar-refractivity contribution in [3.63, 3.8) is 0 Å². The Kier molecular flexibility index (Phi) is 4.13.